The van der Waals surface area contributed by atoms with Crippen molar-refractivity contribution in [2.24, 2.45) is 0 Å². The summed E-state index contributed by atoms with van der Waals surface area (Å²) in [5, 5.41) is 2.55. The lowest BCUT2D eigenvalue weighted by atomic mass is 10.1. The second kappa shape index (κ2) is 15.4. The SMILES string of the molecule is C=Cc1ccc(OCCCCCCCCCCC(=O)NCC(=O)OC)c(OC)c1. The molecule has 0 atom stereocenters. The van der Waals surface area contributed by atoms with Gasteiger partial charge in [0.25, 0.3) is 0 Å². The van der Waals surface area contributed by atoms with Gasteiger partial charge in [-0.05, 0) is 30.5 Å². The number of benzene rings is 1. The predicted octanol–water partition coefficient (Wildman–Crippen LogP) is 4.52. The van der Waals surface area contributed by atoms with E-state index in [1.165, 1.54) is 26.4 Å². The Hall–Kier alpha value is -2.50. The van der Waals surface area contributed by atoms with Crippen molar-refractivity contribution in [1.29, 1.82) is 0 Å². The molecule has 0 saturated carbocycles. The Bertz CT molecular complexity index is 630. The minimum absolute atomic E-state index is 0.0496. The van der Waals surface area contributed by atoms with Crippen LogP contribution in [0.4, 0.5) is 0 Å². The smallest absolute Gasteiger partial charge is 0.325 e. The number of carbonyl (C=O) groups excluding carboxylic acids is 2. The Morgan fingerprint density at radius 1 is 0.966 bits per heavy atom. The first-order valence-electron chi connectivity index (χ1n) is 10.4. The lowest BCUT2D eigenvalue weighted by Crippen LogP contribution is -2.29. The van der Waals surface area contributed by atoms with Gasteiger partial charge in [-0.3, -0.25) is 9.59 Å². The van der Waals surface area contributed by atoms with Gasteiger partial charge in [0, 0.05) is 6.42 Å². The molecule has 1 N–H and O–H groups in total. The van der Waals surface area contributed by atoms with Crippen LogP contribution < -0.4 is 14.8 Å². The van der Waals surface area contributed by atoms with Crippen LogP contribution >= 0.6 is 0 Å². The monoisotopic (exact) mass is 405 g/mol. The van der Waals surface area contributed by atoms with E-state index in [1.807, 2.05) is 18.2 Å². The third kappa shape index (κ3) is 11.2. The Labute approximate surface area is 174 Å². The second-order valence-corrected chi connectivity index (χ2v) is 6.89. The molecule has 162 valence electrons. The number of rotatable bonds is 16. The third-order valence-corrected chi connectivity index (χ3v) is 4.64. The fourth-order valence-electron chi connectivity index (χ4n) is 2.89. The molecule has 0 radical (unpaired) electrons. The van der Waals surface area contributed by atoms with Crippen LogP contribution in [0.15, 0.2) is 24.8 Å². The number of hydrogen-bond acceptors (Lipinski definition) is 5. The van der Waals surface area contributed by atoms with Gasteiger partial charge in [-0.1, -0.05) is 57.2 Å². The maximum Gasteiger partial charge on any atom is 0.325 e. The predicted molar refractivity (Wildman–Crippen MR) is 115 cm³/mol. The van der Waals surface area contributed by atoms with Crippen molar-refractivity contribution in [3.8, 4) is 11.5 Å². The number of unbranched alkanes of at least 4 members (excludes halogenated alkanes) is 7. The summed E-state index contributed by atoms with van der Waals surface area (Å²) in [6.45, 7) is 4.39. The number of ether oxygens (including phenoxy) is 3. The van der Waals surface area contributed by atoms with E-state index in [-0.39, 0.29) is 12.5 Å². The maximum atomic E-state index is 11.5. The maximum absolute atomic E-state index is 11.5. The van der Waals surface area contributed by atoms with Crippen molar-refractivity contribution in [3.63, 3.8) is 0 Å². The highest BCUT2D eigenvalue weighted by molar-refractivity contribution is 5.81. The van der Waals surface area contributed by atoms with Crippen LogP contribution in [0.25, 0.3) is 6.08 Å². The van der Waals surface area contributed by atoms with Crippen molar-refractivity contribution >= 4 is 18.0 Å². The number of methoxy groups -OCH3 is 2. The molecule has 1 amide bonds. The van der Waals surface area contributed by atoms with Gasteiger partial charge < -0.3 is 19.5 Å². The molecule has 0 fully saturated rings. The van der Waals surface area contributed by atoms with Crippen LogP contribution in [0.2, 0.25) is 0 Å². The Morgan fingerprint density at radius 3 is 2.24 bits per heavy atom. The summed E-state index contributed by atoms with van der Waals surface area (Å²) < 4.78 is 15.7. The molecule has 6 heteroatoms. The molecule has 0 aromatic heterocycles. The summed E-state index contributed by atoms with van der Waals surface area (Å²) in [6.07, 6.45) is 11.0. The third-order valence-electron chi connectivity index (χ3n) is 4.64. The average molecular weight is 406 g/mol. The number of esters is 1. The van der Waals surface area contributed by atoms with Gasteiger partial charge >= 0.3 is 5.97 Å². The Balaban J connectivity index is 1.97. The molecule has 29 heavy (non-hydrogen) atoms. The quantitative estimate of drug-likeness (QED) is 0.323. The highest BCUT2D eigenvalue weighted by Gasteiger charge is 2.05. The Morgan fingerprint density at radius 2 is 1.62 bits per heavy atom. The first-order valence-corrected chi connectivity index (χ1v) is 10.4. The summed E-state index contributed by atoms with van der Waals surface area (Å²) in [7, 11) is 2.95. The highest BCUT2D eigenvalue weighted by Crippen LogP contribution is 2.28. The van der Waals surface area contributed by atoms with Crippen molar-refractivity contribution in [3.05, 3.63) is 30.3 Å². The lowest BCUT2D eigenvalue weighted by molar-refractivity contribution is -0.141. The van der Waals surface area contributed by atoms with E-state index in [4.69, 9.17) is 9.47 Å². The van der Waals surface area contributed by atoms with Crippen LogP contribution in [0, 0.1) is 0 Å². The van der Waals surface area contributed by atoms with Crippen LogP contribution in [0.5, 0.6) is 11.5 Å². The fourth-order valence-corrected chi connectivity index (χ4v) is 2.89. The molecule has 0 aliphatic heterocycles. The van der Waals surface area contributed by atoms with E-state index in [0.717, 1.165) is 49.2 Å². The number of carbonyl (C=O) groups is 2. The molecule has 1 rings (SSSR count). The largest absolute Gasteiger partial charge is 0.493 e. The van der Waals surface area contributed by atoms with Crippen molar-refractivity contribution < 1.29 is 23.8 Å². The minimum atomic E-state index is -0.423. The van der Waals surface area contributed by atoms with E-state index in [2.05, 4.69) is 16.6 Å². The molecule has 0 heterocycles. The van der Waals surface area contributed by atoms with Gasteiger partial charge in [0.1, 0.15) is 6.54 Å². The van der Waals surface area contributed by atoms with E-state index in [0.29, 0.717) is 13.0 Å². The van der Waals surface area contributed by atoms with Gasteiger partial charge in [0.15, 0.2) is 11.5 Å². The first-order chi connectivity index (χ1) is 14.1. The van der Waals surface area contributed by atoms with Crippen LogP contribution in [-0.2, 0) is 14.3 Å². The topological polar surface area (TPSA) is 73.9 Å². The van der Waals surface area contributed by atoms with Gasteiger partial charge in [0.2, 0.25) is 5.91 Å². The molecular weight excluding hydrogens is 370 g/mol. The zero-order valence-electron chi connectivity index (χ0n) is 17.8. The van der Waals surface area contributed by atoms with Crippen molar-refractivity contribution in [1.82, 2.24) is 5.32 Å². The van der Waals surface area contributed by atoms with Crippen LogP contribution in [0.3, 0.4) is 0 Å². The van der Waals surface area contributed by atoms with Gasteiger partial charge in [-0.25, -0.2) is 0 Å². The molecule has 0 bridgehead atoms. The lowest BCUT2D eigenvalue weighted by Gasteiger charge is -2.11. The van der Waals surface area contributed by atoms with Crippen LogP contribution in [-0.4, -0.2) is 39.2 Å². The Kier molecular flexibility index (Phi) is 13.1. The molecule has 0 spiro atoms. The summed E-state index contributed by atoms with van der Waals surface area (Å²) in [5.41, 5.74) is 1.01. The van der Waals surface area contributed by atoms with Crippen LogP contribution in [0.1, 0.15) is 63.4 Å². The molecule has 6 nitrogen and oxygen atoms in total. The van der Waals surface area contributed by atoms with Gasteiger partial charge in [-0.15, -0.1) is 0 Å². The molecule has 0 saturated heterocycles. The van der Waals surface area contributed by atoms with E-state index in [1.54, 1.807) is 13.2 Å². The van der Waals surface area contributed by atoms with Crippen molar-refractivity contribution in [2.75, 3.05) is 27.4 Å². The van der Waals surface area contributed by atoms with Gasteiger partial charge in [-0.2, -0.15) is 0 Å². The number of hydrogen-bond donors (Lipinski definition) is 1. The zero-order chi connectivity index (χ0) is 21.3. The van der Waals surface area contributed by atoms with E-state index < -0.39 is 5.97 Å². The number of amides is 1. The van der Waals surface area contributed by atoms with Gasteiger partial charge in [0.05, 0.1) is 20.8 Å². The fraction of sp³-hybridized carbons (Fsp3) is 0.565. The molecule has 0 unspecified atom stereocenters. The summed E-state index contributed by atoms with van der Waals surface area (Å²) in [5.74, 6) is 0.995. The molecular formula is C23H35NO5. The standard InChI is InChI=1S/C23H35NO5/c1-4-19-14-15-20(21(17-19)27-2)29-16-12-10-8-6-5-7-9-11-13-22(25)24-18-23(26)28-3/h4,14-15,17H,1,5-13,16,18H2,2-3H3,(H,24,25). The minimum Gasteiger partial charge on any atom is -0.493 e. The summed E-state index contributed by atoms with van der Waals surface area (Å²) in [4.78, 5) is 22.5. The van der Waals surface area contributed by atoms with E-state index in [9.17, 15) is 9.59 Å². The van der Waals surface area contributed by atoms with E-state index >= 15 is 0 Å². The molecule has 1 aromatic carbocycles. The zero-order valence-corrected chi connectivity index (χ0v) is 17.8. The first kappa shape index (κ1) is 24.5. The molecule has 0 aliphatic rings. The highest BCUT2D eigenvalue weighted by atomic mass is 16.5. The number of nitrogens with one attached hydrogen (secondary N) is 1. The van der Waals surface area contributed by atoms with Crippen molar-refractivity contribution in [2.45, 2.75) is 57.8 Å². The molecule has 0 aliphatic carbocycles. The average Bonchev–Trinajstić information content (AvgIpc) is 2.75. The molecule has 1 aromatic rings. The summed E-state index contributed by atoms with van der Waals surface area (Å²) >= 11 is 0. The second-order valence-electron chi connectivity index (χ2n) is 6.89. The summed E-state index contributed by atoms with van der Waals surface area (Å²) in [6, 6.07) is 5.81. The normalized spacial score (nSPS) is 10.3.